The van der Waals surface area contributed by atoms with Crippen molar-refractivity contribution in [2.45, 2.75) is 29.7 Å². The zero-order valence-electron chi connectivity index (χ0n) is 14.4. The number of carbonyl (C=O) groups excluding carboxylic acids is 2. The van der Waals surface area contributed by atoms with E-state index in [0.29, 0.717) is 29.8 Å². The van der Waals surface area contributed by atoms with Gasteiger partial charge in [-0.2, -0.15) is 13.2 Å². The van der Waals surface area contributed by atoms with Gasteiger partial charge in [0, 0.05) is 17.0 Å². The molecule has 0 fully saturated rings. The molecule has 0 saturated heterocycles. The van der Waals surface area contributed by atoms with Crippen LogP contribution in [0.2, 0.25) is 0 Å². The molecule has 2 aromatic carbocycles. The van der Waals surface area contributed by atoms with E-state index in [4.69, 9.17) is 0 Å². The summed E-state index contributed by atoms with van der Waals surface area (Å²) in [7, 11) is 0. The molecule has 1 atom stereocenters. The second-order valence-corrected chi connectivity index (χ2v) is 7.54. The smallest absolute Gasteiger partial charge is 0.352 e. The predicted octanol–water partition coefficient (Wildman–Crippen LogP) is 4.11. The van der Waals surface area contributed by atoms with Gasteiger partial charge in [-0.25, -0.2) is 0 Å². The molecule has 2 N–H and O–H groups in total. The van der Waals surface area contributed by atoms with Gasteiger partial charge in [-0.05, 0) is 49.2 Å². The molecule has 1 aliphatic rings. The number of carbonyl (C=O) groups is 2. The van der Waals surface area contributed by atoms with Crippen LogP contribution in [0, 0.1) is 0 Å². The quantitative estimate of drug-likeness (QED) is 0.821. The molecule has 0 bridgehead atoms. The van der Waals surface area contributed by atoms with Crippen molar-refractivity contribution in [1.29, 1.82) is 0 Å². The lowest BCUT2D eigenvalue weighted by Crippen LogP contribution is -2.28. The number of rotatable bonds is 4. The maximum Gasteiger partial charge on any atom is 0.416 e. The highest BCUT2D eigenvalue weighted by molar-refractivity contribution is 8.00. The summed E-state index contributed by atoms with van der Waals surface area (Å²) in [4.78, 5) is 24.9. The zero-order valence-corrected chi connectivity index (χ0v) is 15.2. The summed E-state index contributed by atoms with van der Waals surface area (Å²) in [5, 5.41) is 5.33. The summed E-state index contributed by atoms with van der Waals surface area (Å²) in [5.74, 6) is -0.407. The molecule has 0 saturated carbocycles. The lowest BCUT2D eigenvalue weighted by Gasteiger charge is -2.21. The number of hydrogen-bond donors (Lipinski definition) is 2. The van der Waals surface area contributed by atoms with Crippen LogP contribution < -0.4 is 10.6 Å². The largest absolute Gasteiger partial charge is 0.416 e. The molecule has 1 heterocycles. The van der Waals surface area contributed by atoms with Crippen LogP contribution in [-0.4, -0.2) is 23.6 Å². The lowest BCUT2D eigenvalue weighted by molar-refractivity contribution is -0.137. The first-order valence-corrected chi connectivity index (χ1v) is 9.18. The minimum atomic E-state index is -4.36. The van der Waals surface area contributed by atoms with E-state index in [2.05, 4.69) is 10.6 Å². The number of fused-ring (bicyclic) bond motifs is 1. The predicted molar refractivity (Wildman–Crippen MR) is 97.9 cm³/mol. The van der Waals surface area contributed by atoms with Crippen molar-refractivity contribution >= 4 is 29.3 Å². The first-order chi connectivity index (χ1) is 12.7. The summed E-state index contributed by atoms with van der Waals surface area (Å²) in [6.45, 7) is 2.10. The van der Waals surface area contributed by atoms with E-state index in [1.54, 1.807) is 18.2 Å². The second kappa shape index (κ2) is 7.64. The maximum absolute atomic E-state index is 12.5. The minimum Gasteiger partial charge on any atom is -0.352 e. The fraction of sp³-hybridized carbons (Fsp3) is 0.263. The Bertz CT molecular complexity index is 866. The fourth-order valence-electron chi connectivity index (χ4n) is 2.63. The van der Waals surface area contributed by atoms with E-state index in [0.717, 1.165) is 17.0 Å². The number of amides is 2. The first-order valence-electron chi connectivity index (χ1n) is 8.30. The Balaban J connectivity index is 1.57. The Morgan fingerprint density at radius 1 is 1.19 bits per heavy atom. The number of anilines is 1. The van der Waals surface area contributed by atoms with Crippen LogP contribution >= 0.6 is 11.8 Å². The van der Waals surface area contributed by atoms with E-state index in [1.165, 1.54) is 23.9 Å². The standard InChI is InChI=1S/C19H17F3N2O2S/c1-11-17(25)24-15-10-13(4-7-16(15)27-11)18(26)23-9-8-12-2-5-14(6-3-12)19(20,21)22/h2-7,10-11H,8-9H2,1H3,(H,23,26)(H,24,25). The molecule has 3 rings (SSSR count). The van der Waals surface area contributed by atoms with Gasteiger partial charge in [-0.3, -0.25) is 9.59 Å². The van der Waals surface area contributed by atoms with E-state index in [-0.39, 0.29) is 17.1 Å². The second-order valence-electron chi connectivity index (χ2n) is 6.16. The van der Waals surface area contributed by atoms with E-state index < -0.39 is 11.7 Å². The number of benzene rings is 2. The molecule has 2 amide bonds. The van der Waals surface area contributed by atoms with Gasteiger partial charge >= 0.3 is 6.18 Å². The number of nitrogens with one attached hydrogen (secondary N) is 2. The van der Waals surface area contributed by atoms with Crippen LogP contribution in [-0.2, 0) is 17.4 Å². The van der Waals surface area contributed by atoms with Crippen LogP contribution in [0.4, 0.5) is 18.9 Å². The van der Waals surface area contributed by atoms with Crippen molar-refractivity contribution in [3.8, 4) is 0 Å². The molecular weight excluding hydrogens is 377 g/mol. The summed E-state index contributed by atoms with van der Waals surface area (Å²) in [6.07, 6.45) is -3.94. The van der Waals surface area contributed by atoms with Crippen LogP contribution in [0.15, 0.2) is 47.4 Å². The number of halogens is 3. The highest BCUT2D eigenvalue weighted by Crippen LogP contribution is 2.35. The highest BCUT2D eigenvalue weighted by Gasteiger charge is 2.29. The van der Waals surface area contributed by atoms with Gasteiger partial charge in [0.05, 0.1) is 16.5 Å². The third kappa shape index (κ3) is 4.63. The van der Waals surface area contributed by atoms with E-state index in [9.17, 15) is 22.8 Å². The molecule has 1 aliphatic heterocycles. The maximum atomic E-state index is 12.5. The Morgan fingerprint density at radius 2 is 1.89 bits per heavy atom. The van der Waals surface area contributed by atoms with Gasteiger partial charge in [-0.1, -0.05) is 12.1 Å². The Labute approximate surface area is 158 Å². The molecule has 27 heavy (non-hydrogen) atoms. The van der Waals surface area contributed by atoms with Gasteiger partial charge in [-0.15, -0.1) is 11.8 Å². The van der Waals surface area contributed by atoms with Gasteiger partial charge < -0.3 is 10.6 Å². The molecule has 8 heteroatoms. The van der Waals surface area contributed by atoms with Crippen molar-refractivity contribution in [2.24, 2.45) is 0 Å². The Hall–Kier alpha value is -2.48. The zero-order chi connectivity index (χ0) is 19.6. The fourth-order valence-corrected chi connectivity index (χ4v) is 3.56. The van der Waals surface area contributed by atoms with Crippen LogP contribution in [0.25, 0.3) is 0 Å². The van der Waals surface area contributed by atoms with Gasteiger partial charge in [0.2, 0.25) is 5.91 Å². The van der Waals surface area contributed by atoms with E-state index >= 15 is 0 Å². The topological polar surface area (TPSA) is 58.2 Å². The molecule has 1 unspecified atom stereocenters. The van der Waals surface area contributed by atoms with Crippen molar-refractivity contribution in [2.75, 3.05) is 11.9 Å². The van der Waals surface area contributed by atoms with Crippen LogP contribution in [0.5, 0.6) is 0 Å². The molecular formula is C19H17F3N2O2S. The average Bonchev–Trinajstić information content (AvgIpc) is 2.62. The molecule has 0 aromatic heterocycles. The molecule has 0 spiro atoms. The van der Waals surface area contributed by atoms with Gasteiger partial charge in [0.25, 0.3) is 5.91 Å². The van der Waals surface area contributed by atoms with E-state index in [1.807, 2.05) is 6.92 Å². The highest BCUT2D eigenvalue weighted by atomic mass is 32.2. The minimum absolute atomic E-state index is 0.104. The number of thioether (sulfide) groups is 1. The number of alkyl halides is 3. The number of hydrogen-bond acceptors (Lipinski definition) is 3. The Morgan fingerprint density at radius 3 is 2.56 bits per heavy atom. The van der Waals surface area contributed by atoms with Crippen molar-refractivity contribution in [3.63, 3.8) is 0 Å². The molecule has 4 nitrogen and oxygen atoms in total. The van der Waals surface area contributed by atoms with Crippen LogP contribution in [0.1, 0.15) is 28.4 Å². The van der Waals surface area contributed by atoms with Crippen molar-refractivity contribution in [1.82, 2.24) is 5.32 Å². The summed E-state index contributed by atoms with van der Waals surface area (Å²) >= 11 is 1.43. The van der Waals surface area contributed by atoms with Crippen molar-refractivity contribution in [3.05, 3.63) is 59.2 Å². The van der Waals surface area contributed by atoms with Crippen LogP contribution in [0.3, 0.4) is 0 Å². The average molecular weight is 394 g/mol. The molecule has 0 aliphatic carbocycles. The molecule has 2 aromatic rings. The van der Waals surface area contributed by atoms with Gasteiger partial charge in [0.15, 0.2) is 0 Å². The summed E-state index contributed by atoms with van der Waals surface area (Å²) < 4.78 is 37.6. The lowest BCUT2D eigenvalue weighted by atomic mass is 10.1. The van der Waals surface area contributed by atoms with Crippen molar-refractivity contribution < 1.29 is 22.8 Å². The normalized spacial score (nSPS) is 16.4. The third-order valence-corrected chi connectivity index (χ3v) is 5.33. The SMILES string of the molecule is CC1Sc2ccc(C(=O)NCCc3ccc(C(F)(F)F)cc3)cc2NC1=O. The first kappa shape index (κ1) is 19.3. The molecule has 0 radical (unpaired) electrons. The summed E-state index contributed by atoms with van der Waals surface area (Å²) in [5.41, 5.74) is 1.03. The summed E-state index contributed by atoms with van der Waals surface area (Å²) in [6, 6.07) is 9.97. The molecule has 142 valence electrons. The monoisotopic (exact) mass is 394 g/mol. The third-order valence-electron chi connectivity index (χ3n) is 4.15. The Kier molecular flexibility index (Phi) is 5.46. The van der Waals surface area contributed by atoms with Gasteiger partial charge in [0.1, 0.15) is 0 Å².